The summed E-state index contributed by atoms with van der Waals surface area (Å²) in [5, 5.41) is 7.62. The first-order valence-electron chi connectivity index (χ1n) is 8.04. The van der Waals surface area contributed by atoms with E-state index in [1.54, 1.807) is 12.1 Å². The van der Waals surface area contributed by atoms with E-state index in [0.29, 0.717) is 23.5 Å². The van der Waals surface area contributed by atoms with E-state index in [2.05, 4.69) is 15.4 Å². The number of nitrogens with one attached hydrogen (secondary N) is 1. The molecular formula is C17H20N4O3S2. The topological polar surface area (TPSA) is 93.9 Å². The van der Waals surface area contributed by atoms with Crippen molar-refractivity contribution < 1.29 is 13.2 Å². The van der Waals surface area contributed by atoms with Gasteiger partial charge < -0.3 is 5.32 Å². The number of sulfone groups is 1. The average molecular weight is 393 g/mol. The zero-order valence-corrected chi connectivity index (χ0v) is 16.7. The first-order valence-corrected chi connectivity index (χ1v) is 10.8. The second kappa shape index (κ2) is 6.81. The Morgan fingerprint density at radius 1 is 1.31 bits per heavy atom. The molecule has 7 nitrogen and oxygen atoms in total. The Hall–Kier alpha value is -2.26. The predicted molar refractivity (Wildman–Crippen MR) is 102 cm³/mol. The maximum absolute atomic E-state index is 12.3. The number of benzene rings is 1. The van der Waals surface area contributed by atoms with Crippen LogP contribution in [0.4, 0.5) is 5.13 Å². The lowest BCUT2D eigenvalue weighted by Crippen LogP contribution is -2.12. The molecule has 1 aromatic carbocycles. The molecule has 0 radical (unpaired) electrons. The minimum absolute atomic E-state index is 0.130. The number of hydrogen-bond acceptors (Lipinski definition) is 6. The van der Waals surface area contributed by atoms with Crippen molar-refractivity contribution in [2.24, 2.45) is 7.05 Å². The number of aryl methyl sites for hydroxylation is 2. The third-order valence-electron chi connectivity index (χ3n) is 4.30. The zero-order valence-electron chi connectivity index (χ0n) is 15.0. The molecule has 3 rings (SSSR count). The largest absolute Gasteiger partial charge is 0.302 e. The van der Waals surface area contributed by atoms with Gasteiger partial charge in [0, 0.05) is 25.4 Å². The molecule has 3 aromatic rings. The lowest BCUT2D eigenvalue weighted by molar-refractivity contribution is -0.116. The summed E-state index contributed by atoms with van der Waals surface area (Å²) in [4.78, 5) is 16.8. The van der Waals surface area contributed by atoms with Gasteiger partial charge >= 0.3 is 0 Å². The number of thiazole rings is 1. The Morgan fingerprint density at radius 2 is 2.04 bits per heavy atom. The number of hydrogen-bond donors (Lipinski definition) is 1. The van der Waals surface area contributed by atoms with Crippen LogP contribution in [0.25, 0.3) is 10.2 Å². The van der Waals surface area contributed by atoms with Crippen molar-refractivity contribution in [1.29, 1.82) is 0 Å². The molecule has 0 unspecified atom stereocenters. The van der Waals surface area contributed by atoms with Crippen LogP contribution in [-0.2, 0) is 28.1 Å². The maximum Gasteiger partial charge on any atom is 0.226 e. The predicted octanol–water partition coefficient (Wildman–Crippen LogP) is 2.62. The highest BCUT2D eigenvalue weighted by molar-refractivity contribution is 7.90. The number of carbonyl (C=O) groups excluding carboxylic acids is 1. The number of anilines is 1. The standard InChI is InChI=1S/C17H20N4O3S2/c1-10-13(11(2)21(3)20-10)6-8-16(22)19-17-18-14-7-5-12(26(4,23)24)9-15(14)25-17/h5,7,9H,6,8H2,1-4H3,(H,18,19,22). The van der Waals surface area contributed by atoms with Crippen molar-refractivity contribution >= 4 is 42.4 Å². The van der Waals surface area contributed by atoms with Crippen LogP contribution in [-0.4, -0.2) is 35.3 Å². The third-order valence-corrected chi connectivity index (χ3v) is 6.34. The Bertz CT molecular complexity index is 1100. The van der Waals surface area contributed by atoms with Gasteiger partial charge in [0.2, 0.25) is 5.91 Å². The van der Waals surface area contributed by atoms with Gasteiger partial charge in [0.05, 0.1) is 20.8 Å². The summed E-state index contributed by atoms with van der Waals surface area (Å²) >= 11 is 1.26. The van der Waals surface area contributed by atoms with E-state index in [0.717, 1.165) is 21.7 Å². The Labute approximate surface area is 156 Å². The maximum atomic E-state index is 12.3. The Morgan fingerprint density at radius 3 is 2.65 bits per heavy atom. The monoisotopic (exact) mass is 392 g/mol. The third kappa shape index (κ3) is 3.78. The molecular weight excluding hydrogens is 372 g/mol. The van der Waals surface area contributed by atoms with E-state index < -0.39 is 9.84 Å². The molecule has 0 atom stereocenters. The fourth-order valence-corrected chi connectivity index (χ4v) is 4.43. The van der Waals surface area contributed by atoms with Gasteiger partial charge in [-0.15, -0.1) is 0 Å². The number of aromatic nitrogens is 3. The summed E-state index contributed by atoms with van der Waals surface area (Å²) in [6, 6.07) is 4.76. The van der Waals surface area contributed by atoms with Gasteiger partial charge in [0.25, 0.3) is 0 Å². The zero-order chi connectivity index (χ0) is 19.1. The first kappa shape index (κ1) is 18.5. The van der Waals surface area contributed by atoms with Gasteiger partial charge in [-0.1, -0.05) is 11.3 Å². The SMILES string of the molecule is Cc1nn(C)c(C)c1CCC(=O)Nc1nc2ccc(S(C)(=O)=O)cc2s1. The number of fused-ring (bicyclic) bond motifs is 1. The molecule has 1 amide bonds. The van der Waals surface area contributed by atoms with Gasteiger partial charge in [-0.3, -0.25) is 9.48 Å². The van der Waals surface area contributed by atoms with Gasteiger partial charge in [0.15, 0.2) is 15.0 Å². The number of rotatable bonds is 5. The Kier molecular flexibility index (Phi) is 4.85. The van der Waals surface area contributed by atoms with Gasteiger partial charge in [-0.2, -0.15) is 5.10 Å². The summed E-state index contributed by atoms with van der Waals surface area (Å²) in [7, 11) is -1.38. The molecule has 0 fully saturated rings. The van der Waals surface area contributed by atoms with Gasteiger partial charge in [0.1, 0.15) is 0 Å². The quantitative estimate of drug-likeness (QED) is 0.720. The number of amides is 1. The van der Waals surface area contributed by atoms with Crippen molar-refractivity contribution in [1.82, 2.24) is 14.8 Å². The summed E-state index contributed by atoms with van der Waals surface area (Å²) in [6.45, 7) is 3.92. The normalized spacial score (nSPS) is 11.8. The van der Waals surface area contributed by atoms with Crippen molar-refractivity contribution in [2.75, 3.05) is 11.6 Å². The molecule has 0 bridgehead atoms. The molecule has 0 aliphatic rings. The first-order chi connectivity index (χ1) is 12.1. The second-order valence-electron chi connectivity index (χ2n) is 6.24. The number of carbonyl (C=O) groups is 1. The van der Waals surface area contributed by atoms with Crippen LogP contribution in [0.15, 0.2) is 23.1 Å². The molecule has 2 aromatic heterocycles. The lowest BCUT2D eigenvalue weighted by atomic mass is 10.1. The highest BCUT2D eigenvalue weighted by Gasteiger charge is 2.14. The summed E-state index contributed by atoms with van der Waals surface area (Å²) in [6.07, 6.45) is 2.11. The molecule has 0 saturated heterocycles. The molecule has 9 heteroatoms. The molecule has 26 heavy (non-hydrogen) atoms. The minimum atomic E-state index is -3.27. The summed E-state index contributed by atoms with van der Waals surface area (Å²) in [5.41, 5.74) is 3.75. The fraction of sp³-hybridized carbons (Fsp3) is 0.353. The highest BCUT2D eigenvalue weighted by Crippen LogP contribution is 2.28. The molecule has 138 valence electrons. The molecule has 0 spiro atoms. The van der Waals surface area contributed by atoms with Crippen LogP contribution in [0, 0.1) is 13.8 Å². The summed E-state index contributed by atoms with van der Waals surface area (Å²) in [5.74, 6) is -0.130. The van der Waals surface area contributed by atoms with Crippen LogP contribution < -0.4 is 5.32 Å². The van der Waals surface area contributed by atoms with E-state index >= 15 is 0 Å². The van der Waals surface area contributed by atoms with Crippen LogP contribution in [0.2, 0.25) is 0 Å². The van der Waals surface area contributed by atoms with E-state index in [-0.39, 0.29) is 10.8 Å². The van der Waals surface area contributed by atoms with E-state index in [1.807, 2.05) is 25.6 Å². The molecule has 0 aliphatic carbocycles. The fourth-order valence-electron chi connectivity index (χ4n) is 2.79. The van der Waals surface area contributed by atoms with Crippen LogP contribution in [0.1, 0.15) is 23.4 Å². The van der Waals surface area contributed by atoms with Crippen LogP contribution >= 0.6 is 11.3 Å². The van der Waals surface area contributed by atoms with Crippen LogP contribution in [0.3, 0.4) is 0 Å². The van der Waals surface area contributed by atoms with Crippen molar-refractivity contribution in [3.8, 4) is 0 Å². The molecule has 2 heterocycles. The van der Waals surface area contributed by atoms with Crippen molar-refractivity contribution in [3.63, 3.8) is 0 Å². The van der Waals surface area contributed by atoms with Crippen molar-refractivity contribution in [3.05, 3.63) is 35.2 Å². The average Bonchev–Trinajstić information content (AvgIpc) is 3.04. The van der Waals surface area contributed by atoms with Gasteiger partial charge in [-0.05, 0) is 44.0 Å². The molecule has 0 aliphatic heterocycles. The molecule has 1 N–H and O–H groups in total. The summed E-state index contributed by atoms with van der Waals surface area (Å²) < 4.78 is 25.8. The van der Waals surface area contributed by atoms with Gasteiger partial charge in [-0.25, -0.2) is 13.4 Å². The van der Waals surface area contributed by atoms with E-state index in [1.165, 1.54) is 23.7 Å². The highest BCUT2D eigenvalue weighted by atomic mass is 32.2. The lowest BCUT2D eigenvalue weighted by Gasteiger charge is -2.03. The van der Waals surface area contributed by atoms with E-state index in [4.69, 9.17) is 0 Å². The smallest absolute Gasteiger partial charge is 0.226 e. The number of nitrogens with zero attached hydrogens (tertiary/aromatic N) is 3. The second-order valence-corrected chi connectivity index (χ2v) is 9.29. The van der Waals surface area contributed by atoms with E-state index in [9.17, 15) is 13.2 Å². The van der Waals surface area contributed by atoms with Crippen LogP contribution in [0.5, 0.6) is 0 Å². The Balaban J connectivity index is 1.71. The molecule has 0 saturated carbocycles. The minimum Gasteiger partial charge on any atom is -0.302 e. The van der Waals surface area contributed by atoms with Crippen molar-refractivity contribution in [2.45, 2.75) is 31.6 Å².